The van der Waals surface area contributed by atoms with Crippen LogP contribution in [0.5, 0.6) is 0 Å². The van der Waals surface area contributed by atoms with Gasteiger partial charge in [-0.15, -0.1) is 11.3 Å². The number of carbonyl (C=O) groups is 1. The molecule has 0 bridgehead atoms. The number of fused-ring (bicyclic) bond motifs is 1. The van der Waals surface area contributed by atoms with E-state index in [1.54, 1.807) is 0 Å². The largest absolute Gasteiger partial charge is 0.334 e. The van der Waals surface area contributed by atoms with Crippen molar-refractivity contribution >= 4 is 33.0 Å². The molecule has 4 nitrogen and oxygen atoms in total. The third-order valence-corrected chi connectivity index (χ3v) is 6.50. The summed E-state index contributed by atoms with van der Waals surface area (Å²) in [4.78, 5) is 16.9. The molecular formula is C24H21N3OS. The van der Waals surface area contributed by atoms with Crippen LogP contribution >= 0.6 is 11.3 Å². The quantitative estimate of drug-likeness (QED) is 0.467. The number of amides is 1. The fourth-order valence-electron chi connectivity index (χ4n) is 3.82. The molecule has 3 heterocycles. The van der Waals surface area contributed by atoms with E-state index in [0.717, 1.165) is 39.4 Å². The Morgan fingerprint density at radius 3 is 2.45 bits per heavy atom. The first-order valence-corrected chi connectivity index (χ1v) is 10.6. The molecule has 0 N–H and O–H groups in total. The van der Waals surface area contributed by atoms with E-state index in [4.69, 9.17) is 0 Å². The molecule has 1 aliphatic heterocycles. The van der Waals surface area contributed by atoms with Crippen LogP contribution in [0.25, 0.3) is 21.5 Å². The number of aryl methyl sites for hydroxylation is 1. The molecule has 0 radical (unpaired) electrons. The summed E-state index contributed by atoms with van der Waals surface area (Å²) in [6, 6.07) is 22.5. The molecular weight excluding hydrogens is 378 g/mol. The minimum Gasteiger partial charge on any atom is -0.334 e. The van der Waals surface area contributed by atoms with E-state index in [2.05, 4.69) is 35.4 Å². The van der Waals surface area contributed by atoms with Gasteiger partial charge in [-0.05, 0) is 42.7 Å². The smallest absolute Gasteiger partial charge is 0.264 e. The van der Waals surface area contributed by atoms with Crippen LogP contribution < -0.4 is 0 Å². The number of benzene rings is 2. The van der Waals surface area contributed by atoms with Gasteiger partial charge in [0.1, 0.15) is 4.83 Å². The van der Waals surface area contributed by atoms with Crippen LogP contribution in [0, 0.1) is 6.92 Å². The van der Waals surface area contributed by atoms with E-state index < -0.39 is 0 Å². The van der Waals surface area contributed by atoms with Gasteiger partial charge < -0.3 is 4.90 Å². The highest BCUT2D eigenvalue weighted by Crippen LogP contribution is 2.32. The number of rotatable bonds is 3. The van der Waals surface area contributed by atoms with Crippen molar-refractivity contribution in [3.63, 3.8) is 0 Å². The first kappa shape index (κ1) is 17.9. The summed E-state index contributed by atoms with van der Waals surface area (Å²) in [5, 5.41) is 5.72. The van der Waals surface area contributed by atoms with E-state index in [9.17, 15) is 4.79 Å². The molecule has 0 saturated heterocycles. The van der Waals surface area contributed by atoms with Crippen molar-refractivity contribution in [2.75, 3.05) is 13.1 Å². The maximum atomic E-state index is 13.1. The third-order valence-electron chi connectivity index (χ3n) is 5.40. The molecule has 1 aliphatic rings. The molecule has 1 amide bonds. The van der Waals surface area contributed by atoms with Crippen molar-refractivity contribution in [1.82, 2.24) is 14.7 Å². The van der Waals surface area contributed by atoms with Crippen molar-refractivity contribution in [2.24, 2.45) is 0 Å². The van der Waals surface area contributed by atoms with E-state index in [1.165, 1.54) is 22.5 Å². The van der Waals surface area contributed by atoms with Crippen LogP contribution in [0.1, 0.15) is 27.3 Å². The zero-order valence-corrected chi connectivity index (χ0v) is 17.0. The van der Waals surface area contributed by atoms with E-state index in [1.807, 2.05) is 59.0 Å². The second-order valence-electron chi connectivity index (χ2n) is 7.26. The Morgan fingerprint density at radius 2 is 1.76 bits per heavy atom. The molecule has 29 heavy (non-hydrogen) atoms. The fourth-order valence-corrected chi connectivity index (χ4v) is 4.97. The predicted octanol–water partition coefficient (Wildman–Crippen LogP) is 5.32. The Morgan fingerprint density at radius 1 is 1.03 bits per heavy atom. The standard InChI is InChI=1S/C24H21N3OS/c1-17-21-16-22(29-24(21)27(25-17)20-10-6-3-7-11-20)23(28)26-14-12-19(13-15-26)18-8-4-2-5-9-18/h2-12,16H,13-15H2,1H3. The van der Waals surface area contributed by atoms with Crippen molar-refractivity contribution in [3.05, 3.63) is 88.9 Å². The summed E-state index contributed by atoms with van der Waals surface area (Å²) >= 11 is 1.53. The number of nitrogens with zero attached hydrogens (tertiary/aromatic N) is 3. The maximum absolute atomic E-state index is 13.1. The van der Waals surface area contributed by atoms with Gasteiger partial charge in [-0.2, -0.15) is 5.10 Å². The van der Waals surface area contributed by atoms with Gasteiger partial charge in [-0.1, -0.05) is 54.6 Å². The lowest BCUT2D eigenvalue weighted by Gasteiger charge is -2.26. The van der Waals surface area contributed by atoms with E-state index in [-0.39, 0.29) is 5.91 Å². The van der Waals surface area contributed by atoms with Crippen LogP contribution in [-0.4, -0.2) is 33.7 Å². The summed E-state index contributed by atoms with van der Waals surface area (Å²) in [5.41, 5.74) is 4.53. The third kappa shape index (κ3) is 3.28. The Labute approximate surface area is 173 Å². The molecule has 4 aromatic rings. The van der Waals surface area contributed by atoms with Gasteiger partial charge in [0.25, 0.3) is 5.91 Å². The molecule has 5 rings (SSSR count). The molecule has 144 valence electrons. The van der Waals surface area contributed by atoms with Crippen LogP contribution in [0.15, 0.2) is 72.8 Å². The zero-order chi connectivity index (χ0) is 19.8. The minimum atomic E-state index is 0.105. The predicted molar refractivity (Wildman–Crippen MR) is 119 cm³/mol. The van der Waals surface area contributed by atoms with Gasteiger partial charge in [-0.3, -0.25) is 4.79 Å². The summed E-state index contributed by atoms with van der Waals surface area (Å²) in [6.45, 7) is 3.40. The van der Waals surface area contributed by atoms with Crippen molar-refractivity contribution in [2.45, 2.75) is 13.3 Å². The molecule has 0 unspecified atom stereocenters. The van der Waals surface area contributed by atoms with Crippen LogP contribution in [0.2, 0.25) is 0 Å². The first-order valence-electron chi connectivity index (χ1n) is 9.79. The van der Waals surface area contributed by atoms with E-state index in [0.29, 0.717) is 6.54 Å². The summed E-state index contributed by atoms with van der Waals surface area (Å²) in [5.74, 6) is 0.105. The van der Waals surface area contributed by atoms with Crippen LogP contribution in [-0.2, 0) is 0 Å². The average Bonchev–Trinajstić information content (AvgIpc) is 3.35. The van der Waals surface area contributed by atoms with Crippen molar-refractivity contribution in [1.29, 1.82) is 0 Å². The van der Waals surface area contributed by atoms with Gasteiger partial charge >= 0.3 is 0 Å². The molecule has 2 aromatic heterocycles. The number of carbonyl (C=O) groups excluding carboxylic acids is 1. The Hall–Kier alpha value is -3.18. The zero-order valence-electron chi connectivity index (χ0n) is 16.2. The second-order valence-corrected chi connectivity index (χ2v) is 8.29. The highest BCUT2D eigenvalue weighted by atomic mass is 32.1. The Balaban J connectivity index is 1.42. The molecule has 2 aromatic carbocycles. The maximum Gasteiger partial charge on any atom is 0.264 e. The number of para-hydroxylation sites is 1. The molecule has 0 fully saturated rings. The monoisotopic (exact) mass is 399 g/mol. The van der Waals surface area contributed by atoms with Crippen molar-refractivity contribution in [3.8, 4) is 5.69 Å². The highest BCUT2D eigenvalue weighted by Gasteiger charge is 2.23. The number of thiophene rings is 1. The normalized spacial score (nSPS) is 14.2. The first-order chi connectivity index (χ1) is 14.2. The van der Waals surface area contributed by atoms with E-state index >= 15 is 0 Å². The second kappa shape index (κ2) is 7.33. The van der Waals surface area contributed by atoms with Crippen LogP contribution in [0.4, 0.5) is 0 Å². The summed E-state index contributed by atoms with van der Waals surface area (Å²) in [6.07, 6.45) is 3.07. The summed E-state index contributed by atoms with van der Waals surface area (Å²) in [7, 11) is 0. The average molecular weight is 400 g/mol. The molecule has 0 saturated carbocycles. The topological polar surface area (TPSA) is 38.1 Å². The molecule has 0 aliphatic carbocycles. The Bertz CT molecular complexity index is 1210. The molecule has 0 atom stereocenters. The van der Waals surface area contributed by atoms with Gasteiger partial charge in [0, 0.05) is 18.5 Å². The van der Waals surface area contributed by atoms with Gasteiger partial charge in [0.15, 0.2) is 0 Å². The molecule has 0 spiro atoms. The lowest BCUT2D eigenvalue weighted by Crippen LogP contribution is -2.34. The highest BCUT2D eigenvalue weighted by molar-refractivity contribution is 7.20. The van der Waals surface area contributed by atoms with Gasteiger partial charge in [0.2, 0.25) is 0 Å². The minimum absolute atomic E-state index is 0.105. The van der Waals surface area contributed by atoms with Gasteiger partial charge in [-0.25, -0.2) is 4.68 Å². The Kier molecular flexibility index (Phi) is 4.52. The van der Waals surface area contributed by atoms with Crippen molar-refractivity contribution < 1.29 is 4.79 Å². The van der Waals surface area contributed by atoms with Crippen LogP contribution in [0.3, 0.4) is 0 Å². The number of hydrogen-bond donors (Lipinski definition) is 0. The SMILES string of the molecule is Cc1nn(-c2ccccc2)c2sc(C(=O)N3CC=C(c4ccccc4)CC3)cc12. The fraction of sp³-hybridized carbons (Fsp3) is 0.167. The lowest BCUT2D eigenvalue weighted by molar-refractivity contribution is 0.0778. The van der Waals surface area contributed by atoms with Gasteiger partial charge in [0.05, 0.1) is 16.3 Å². The lowest BCUT2D eigenvalue weighted by atomic mass is 9.99. The molecule has 5 heteroatoms. The number of aromatic nitrogens is 2. The summed E-state index contributed by atoms with van der Waals surface area (Å²) < 4.78 is 1.94. The number of hydrogen-bond acceptors (Lipinski definition) is 3.